The molecule has 5 atom stereocenters. The number of hydrogen-bond donors (Lipinski definition) is 2. The van der Waals surface area contributed by atoms with E-state index in [2.05, 4.69) is 25.1 Å². The van der Waals surface area contributed by atoms with Gasteiger partial charge in [0.25, 0.3) is 0 Å². The van der Waals surface area contributed by atoms with Gasteiger partial charge >= 0.3 is 0 Å². The van der Waals surface area contributed by atoms with Crippen molar-refractivity contribution in [1.82, 2.24) is 39.8 Å². The number of amides is 5. The zero-order valence-corrected chi connectivity index (χ0v) is 43.4. The van der Waals surface area contributed by atoms with Crippen LogP contribution in [0.25, 0.3) is 11.3 Å². The van der Waals surface area contributed by atoms with Crippen LogP contribution in [-0.4, -0.2) is 131 Å². The lowest BCUT2D eigenvalue weighted by atomic mass is 9.93. The predicted octanol–water partition coefficient (Wildman–Crippen LogP) is 7.17. The van der Waals surface area contributed by atoms with E-state index in [0.29, 0.717) is 40.1 Å². The summed E-state index contributed by atoms with van der Waals surface area (Å²) in [4.78, 5) is 84.1. The van der Waals surface area contributed by atoms with Gasteiger partial charge in [0.15, 0.2) is 0 Å². The number of likely N-dealkylation sites (N-methyl/N-ethyl adjacent to an activating group) is 2. The molecule has 1 fully saturated rings. The number of methoxy groups -OCH3 is 1. The van der Waals surface area contributed by atoms with Crippen molar-refractivity contribution in [2.24, 2.45) is 13.0 Å². The first kappa shape index (κ1) is 54.1. The van der Waals surface area contributed by atoms with Crippen LogP contribution in [0.1, 0.15) is 55.6 Å². The molecular formula is C54H66Cl2N8O7. The Morgan fingerprint density at radius 2 is 1.48 bits per heavy atom. The number of nitrogens with one attached hydrogen (secondary N) is 2. The largest absolute Gasteiger partial charge is 0.457 e. The molecule has 6 rings (SSSR count). The normalized spacial score (nSPS) is 20.2. The van der Waals surface area contributed by atoms with Crippen molar-refractivity contribution in [2.75, 3.05) is 48.5 Å². The minimum absolute atomic E-state index is 0.0721. The first-order chi connectivity index (χ1) is 34.0. The van der Waals surface area contributed by atoms with E-state index in [9.17, 15) is 19.2 Å². The predicted molar refractivity (Wildman–Crippen MR) is 276 cm³/mol. The summed E-state index contributed by atoms with van der Waals surface area (Å²) in [5, 5.41) is 6.81. The van der Waals surface area contributed by atoms with Crippen LogP contribution in [-0.2, 0) is 61.7 Å². The SMILES string of the molecule is CC[C@H]1C(=O)N[C@@H](COC)C(=O)N(C)[C@@H](Cc2ccc(Cl)cc2)CC(=O)NC[C@H](C)N(C)C(=O)[C@H](Cc2ccccc2)CC(=O)N1Cc1ccc(Cl)cc1Oc1ccc(-c2cnc(CN(C)C)n2C)cc1. The zero-order valence-electron chi connectivity index (χ0n) is 41.9. The minimum Gasteiger partial charge on any atom is -0.457 e. The molecule has 2 N–H and O–H groups in total. The molecule has 0 spiro atoms. The maximum Gasteiger partial charge on any atom is 0.247 e. The average molecular weight is 1010 g/mol. The fraction of sp³-hybridized carbons (Fsp3) is 0.407. The van der Waals surface area contributed by atoms with Crippen LogP contribution in [0.2, 0.25) is 10.0 Å². The van der Waals surface area contributed by atoms with Gasteiger partial charge in [0.05, 0.1) is 37.5 Å². The lowest BCUT2D eigenvalue weighted by Crippen LogP contribution is -2.58. The molecule has 17 heteroatoms. The van der Waals surface area contributed by atoms with E-state index in [4.69, 9.17) is 32.7 Å². The molecule has 5 amide bonds. The molecular weight excluding hydrogens is 944 g/mol. The van der Waals surface area contributed by atoms with Crippen LogP contribution in [0.3, 0.4) is 0 Å². The van der Waals surface area contributed by atoms with Crippen LogP contribution in [0, 0.1) is 5.92 Å². The molecule has 4 aromatic carbocycles. The van der Waals surface area contributed by atoms with Crippen molar-refractivity contribution in [3.63, 3.8) is 0 Å². The van der Waals surface area contributed by atoms with Crippen LogP contribution in [0.15, 0.2) is 103 Å². The molecule has 2 heterocycles. The number of benzene rings is 4. The summed E-state index contributed by atoms with van der Waals surface area (Å²) < 4.78 is 14.1. The second kappa shape index (κ2) is 25.2. The highest BCUT2D eigenvalue weighted by Crippen LogP contribution is 2.33. The molecule has 5 aromatic rings. The number of halogens is 2. The number of aromatic nitrogens is 2. The molecule has 0 unspecified atom stereocenters. The quantitative estimate of drug-likeness (QED) is 0.118. The Morgan fingerprint density at radius 1 is 0.803 bits per heavy atom. The highest BCUT2D eigenvalue weighted by Gasteiger charge is 2.37. The molecule has 1 aliphatic heterocycles. The Balaban J connectivity index is 1.38. The molecule has 0 radical (unpaired) electrons. The topological polar surface area (TPSA) is 159 Å². The standard InChI is InChI=1S/C54H66Cl2N8O7/c1-9-46-52(67)59-45(34-70-8)54(69)62(6)43(26-37-15-20-41(55)21-16-37)29-50(65)58-30-35(2)61(5)53(68)40(25-36-13-11-10-12-14-36)27-51(66)64(46)32-39-17-22-42(56)28-48(39)71-44-23-18-38(19-24-44)47-31-57-49(63(47)7)33-60(3)4/h10-24,28,31,35,40,43,45-46H,9,25-27,29-30,32-34H2,1-8H3,(H,58,65)(H,59,67)/t35-,40+,43-,45-,46-/m0/s1. The molecule has 71 heavy (non-hydrogen) atoms. The van der Waals surface area contributed by atoms with Crippen LogP contribution >= 0.6 is 23.2 Å². The van der Waals surface area contributed by atoms with Gasteiger partial charge in [0, 0.05) is 80.9 Å². The molecule has 15 nitrogen and oxygen atoms in total. The van der Waals surface area contributed by atoms with Crippen molar-refractivity contribution >= 4 is 52.7 Å². The zero-order chi connectivity index (χ0) is 51.4. The molecule has 0 bridgehead atoms. The van der Waals surface area contributed by atoms with E-state index in [1.807, 2.05) is 101 Å². The Bertz CT molecular complexity index is 2610. The van der Waals surface area contributed by atoms with Gasteiger partial charge < -0.3 is 44.3 Å². The lowest BCUT2D eigenvalue weighted by Gasteiger charge is -2.36. The number of rotatable bonds is 14. The van der Waals surface area contributed by atoms with Crippen LogP contribution < -0.4 is 15.4 Å². The fourth-order valence-corrected chi connectivity index (χ4v) is 9.05. The third-order valence-corrected chi connectivity index (χ3v) is 13.5. The van der Waals surface area contributed by atoms with E-state index in [0.717, 1.165) is 28.2 Å². The van der Waals surface area contributed by atoms with Gasteiger partial charge in [-0.15, -0.1) is 0 Å². The van der Waals surface area contributed by atoms with Gasteiger partial charge in [-0.1, -0.05) is 78.7 Å². The maximum atomic E-state index is 15.2. The van der Waals surface area contributed by atoms with Gasteiger partial charge in [-0.05, 0) is 99.9 Å². The van der Waals surface area contributed by atoms with E-state index in [1.54, 1.807) is 56.3 Å². The smallest absolute Gasteiger partial charge is 0.247 e. The van der Waals surface area contributed by atoms with E-state index < -0.39 is 47.8 Å². The van der Waals surface area contributed by atoms with Gasteiger partial charge in [-0.3, -0.25) is 24.0 Å². The number of carbonyl (C=O) groups excluding carboxylic acids is 5. The van der Waals surface area contributed by atoms with Crippen molar-refractivity contribution in [1.29, 1.82) is 0 Å². The monoisotopic (exact) mass is 1010 g/mol. The van der Waals surface area contributed by atoms with E-state index in [-0.39, 0.29) is 57.2 Å². The van der Waals surface area contributed by atoms with Gasteiger partial charge in [-0.25, -0.2) is 4.98 Å². The Morgan fingerprint density at radius 3 is 2.14 bits per heavy atom. The van der Waals surface area contributed by atoms with Crippen LogP contribution in [0.5, 0.6) is 11.5 Å². The van der Waals surface area contributed by atoms with Gasteiger partial charge in [-0.2, -0.15) is 0 Å². The molecule has 1 saturated heterocycles. The Hall–Kier alpha value is -6.26. The summed E-state index contributed by atoms with van der Waals surface area (Å²) in [6.07, 6.45) is 2.19. The second-order valence-electron chi connectivity index (χ2n) is 18.5. The number of hydrogen-bond acceptors (Lipinski definition) is 9. The van der Waals surface area contributed by atoms with Crippen molar-refractivity contribution in [3.8, 4) is 22.8 Å². The number of carbonyl (C=O) groups is 5. The minimum atomic E-state index is -1.19. The summed E-state index contributed by atoms with van der Waals surface area (Å²) >= 11 is 12.8. The summed E-state index contributed by atoms with van der Waals surface area (Å²) in [5.74, 6) is -1.26. The van der Waals surface area contributed by atoms with E-state index in [1.165, 1.54) is 16.9 Å². The maximum absolute atomic E-state index is 15.2. The summed E-state index contributed by atoms with van der Waals surface area (Å²) in [5.41, 5.74) is 4.11. The second-order valence-corrected chi connectivity index (χ2v) is 19.4. The van der Waals surface area contributed by atoms with E-state index >= 15 is 4.79 Å². The number of imidazole rings is 1. The first-order valence-electron chi connectivity index (χ1n) is 23.8. The summed E-state index contributed by atoms with van der Waals surface area (Å²) in [7, 11) is 10.6. The third-order valence-electron chi connectivity index (χ3n) is 13.0. The molecule has 378 valence electrons. The van der Waals surface area contributed by atoms with Gasteiger partial charge in [0.1, 0.15) is 29.4 Å². The third kappa shape index (κ3) is 14.4. The van der Waals surface area contributed by atoms with Crippen molar-refractivity contribution in [2.45, 2.75) is 83.2 Å². The van der Waals surface area contributed by atoms with Crippen molar-refractivity contribution < 1.29 is 33.4 Å². The van der Waals surface area contributed by atoms with Gasteiger partial charge in [0.2, 0.25) is 29.5 Å². The summed E-state index contributed by atoms with van der Waals surface area (Å²) in [6, 6.07) is 25.8. The molecule has 1 aromatic heterocycles. The molecule has 0 saturated carbocycles. The Labute approximate surface area is 427 Å². The van der Waals surface area contributed by atoms with Crippen LogP contribution in [0.4, 0.5) is 0 Å². The number of nitrogens with zero attached hydrogens (tertiary/aromatic N) is 6. The highest BCUT2D eigenvalue weighted by atomic mass is 35.5. The Kier molecular flexibility index (Phi) is 19.2. The molecule has 1 aliphatic rings. The summed E-state index contributed by atoms with van der Waals surface area (Å²) in [6.45, 7) is 4.11. The fourth-order valence-electron chi connectivity index (χ4n) is 8.76. The lowest BCUT2D eigenvalue weighted by molar-refractivity contribution is -0.147. The first-order valence-corrected chi connectivity index (χ1v) is 24.6. The number of ether oxygens (including phenoxy) is 2. The highest BCUT2D eigenvalue weighted by molar-refractivity contribution is 6.31. The molecule has 0 aliphatic carbocycles. The average Bonchev–Trinajstić information content (AvgIpc) is 3.71. The van der Waals surface area contributed by atoms with Crippen molar-refractivity contribution in [3.05, 3.63) is 136 Å².